The third kappa shape index (κ3) is 6.41. The van der Waals surface area contributed by atoms with Gasteiger partial charge in [0.05, 0.1) is 18.0 Å². The molecule has 0 aliphatic carbocycles. The first kappa shape index (κ1) is 14.3. The van der Waals surface area contributed by atoms with Crippen LogP contribution in [0.25, 0.3) is 0 Å². The van der Waals surface area contributed by atoms with Gasteiger partial charge in [0.2, 0.25) is 5.91 Å². The monoisotopic (exact) mass is 232 g/mol. The minimum absolute atomic E-state index is 0.0862. The molecule has 0 rings (SSSR count). The zero-order valence-corrected chi connectivity index (χ0v) is 10.5. The van der Waals surface area contributed by atoms with Crippen molar-refractivity contribution in [1.29, 1.82) is 0 Å². The summed E-state index contributed by atoms with van der Waals surface area (Å²) in [5.74, 6) is 0.0862. The molecule has 0 aromatic heterocycles. The van der Waals surface area contributed by atoms with E-state index in [-0.39, 0.29) is 11.9 Å². The second-order valence-electron chi connectivity index (χ2n) is 3.64. The van der Waals surface area contributed by atoms with E-state index in [1.807, 2.05) is 13.8 Å². The summed E-state index contributed by atoms with van der Waals surface area (Å²) < 4.78 is 4.87. The molecule has 0 spiro atoms. The van der Waals surface area contributed by atoms with Crippen LogP contribution in [0.2, 0.25) is 0 Å². The van der Waals surface area contributed by atoms with Gasteiger partial charge in [-0.3, -0.25) is 4.79 Å². The average molecular weight is 232 g/mol. The van der Waals surface area contributed by atoms with E-state index in [1.165, 1.54) is 0 Å². The van der Waals surface area contributed by atoms with Crippen LogP contribution < -0.4 is 5.73 Å². The molecule has 0 aliphatic heterocycles. The van der Waals surface area contributed by atoms with Crippen LogP contribution in [0.4, 0.5) is 0 Å². The van der Waals surface area contributed by atoms with Crippen molar-refractivity contribution in [3.8, 4) is 0 Å². The predicted molar refractivity (Wildman–Crippen MR) is 64.7 cm³/mol. The second-order valence-corrected chi connectivity index (χ2v) is 4.16. The van der Waals surface area contributed by atoms with Gasteiger partial charge in [0.25, 0.3) is 0 Å². The highest BCUT2D eigenvalue weighted by Crippen LogP contribution is 2.03. The number of hydrogen-bond donors (Lipinski definition) is 1. The van der Waals surface area contributed by atoms with Gasteiger partial charge in [-0.1, -0.05) is 12.2 Å². The number of carbonyl (C=O) groups is 1. The number of nitrogens with zero attached hydrogens (tertiary/aromatic N) is 1. The lowest BCUT2D eigenvalue weighted by Crippen LogP contribution is -2.39. The Kier molecular flexibility index (Phi) is 7.25. The molecule has 0 atom stereocenters. The van der Waals surface area contributed by atoms with E-state index in [9.17, 15) is 4.79 Å². The van der Waals surface area contributed by atoms with Gasteiger partial charge in [0.15, 0.2) is 0 Å². The zero-order valence-electron chi connectivity index (χ0n) is 9.66. The highest BCUT2D eigenvalue weighted by Gasteiger charge is 2.16. The number of hydrogen-bond acceptors (Lipinski definition) is 3. The Morgan fingerprint density at radius 1 is 1.47 bits per heavy atom. The van der Waals surface area contributed by atoms with Crippen molar-refractivity contribution in [2.24, 2.45) is 5.73 Å². The molecule has 88 valence electrons. The SMILES string of the molecule is COCCC(=O)N(CCC(N)=S)C(C)C. The van der Waals surface area contributed by atoms with Crippen LogP contribution in [-0.4, -0.2) is 42.1 Å². The van der Waals surface area contributed by atoms with E-state index in [1.54, 1.807) is 12.0 Å². The van der Waals surface area contributed by atoms with E-state index in [0.717, 1.165) is 0 Å². The van der Waals surface area contributed by atoms with Gasteiger partial charge in [-0.05, 0) is 13.8 Å². The highest BCUT2D eigenvalue weighted by atomic mass is 32.1. The Balaban J connectivity index is 4.13. The van der Waals surface area contributed by atoms with Gasteiger partial charge in [-0.15, -0.1) is 0 Å². The van der Waals surface area contributed by atoms with Gasteiger partial charge in [0, 0.05) is 26.1 Å². The Hall–Kier alpha value is -0.680. The highest BCUT2D eigenvalue weighted by molar-refractivity contribution is 7.80. The molecule has 4 nitrogen and oxygen atoms in total. The van der Waals surface area contributed by atoms with E-state index < -0.39 is 0 Å². The Morgan fingerprint density at radius 3 is 2.47 bits per heavy atom. The Labute approximate surface area is 96.8 Å². The molecule has 0 unspecified atom stereocenters. The van der Waals surface area contributed by atoms with Crippen LogP contribution in [0.3, 0.4) is 0 Å². The fraction of sp³-hybridized carbons (Fsp3) is 0.800. The quantitative estimate of drug-likeness (QED) is 0.664. The molecule has 0 aromatic rings. The number of methoxy groups -OCH3 is 1. The number of thiocarbonyl (C=S) groups is 1. The van der Waals surface area contributed by atoms with Crippen LogP contribution >= 0.6 is 12.2 Å². The van der Waals surface area contributed by atoms with Gasteiger partial charge in [-0.25, -0.2) is 0 Å². The third-order valence-corrected chi connectivity index (χ3v) is 2.27. The lowest BCUT2D eigenvalue weighted by Gasteiger charge is -2.26. The molecule has 0 saturated heterocycles. The minimum Gasteiger partial charge on any atom is -0.393 e. The molecule has 0 radical (unpaired) electrons. The Morgan fingerprint density at radius 2 is 2.07 bits per heavy atom. The van der Waals surface area contributed by atoms with Crippen molar-refractivity contribution in [3.05, 3.63) is 0 Å². The molecule has 0 bridgehead atoms. The maximum absolute atomic E-state index is 11.7. The molecule has 0 fully saturated rings. The smallest absolute Gasteiger partial charge is 0.225 e. The zero-order chi connectivity index (χ0) is 11.8. The molecule has 0 aliphatic rings. The maximum Gasteiger partial charge on any atom is 0.225 e. The first-order valence-corrected chi connectivity index (χ1v) is 5.46. The lowest BCUT2D eigenvalue weighted by atomic mass is 10.2. The van der Waals surface area contributed by atoms with E-state index in [0.29, 0.717) is 31.0 Å². The molecule has 5 heteroatoms. The van der Waals surface area contributed by atoms with E-state index in [4.69, 9.17) is 22.7 Å². The number of carbonyl (C=O) groups excluding carboxylic acids is 1. The van der Waals surface area contributed by atoms with Crippen molar-refractivity contribution in [2.45, 2.75) is 32.7 Å². The number of nitrogens with two attached hydrogens (primary N) is 1. The Bertz CT molecular complexity index is 219. The largest absolute Gasteiger partial charge is 0.393 e. The van der Waals surface area contributed by atoms with Crippen molar-refractivity contribution < 1.29 is 9.53 Å². The standard InChI is InChI=1S/C10H20N2O2S/c1-8(2)12(6-4-9(11)15)10(13)5-7-14-3/h8H,4-7H2,1-3H3,(H2,11,15). The molecule has 0 saturated carbocycles. The van der Waals surface area contributed by atoms with Gasteiger partial charge in [-0.2, -0.15) is 0 Å². The summed E-state index contributed by atoms with van der Waals surface area (Å²) in [6.07, 6.45) is 0.984. The topological polar surface area (TPSA) is 55.6 Å². The minimum atomic E-state index is 0.0862. The predicted octanol–water partition coefficient (Wildman–Crippen LogP) is 0.936. The summed E-state index contributed by atoms with van der Waals surface area (Å²) in [6.45, 7) is 5.00. The number of amides is 1. The first-order valence-electron chi connectivity index (χ1n) is 5.05. The van der Waals surface area contributed by atoms with Crippen LogP contribution in [0, 0.1) is 0 Å². The fourth-order valence-corrected chi connectivity index (χ4v) is 1.33. The summed E-state index contributed by atoms with van der Waals surface area (Å²) in [4.78, 5) is 13.9. The lowest BCUT2D eigenvalue weighted by molar-refractivity contribution is -0.133. The fourth-order valence-electron chi connectivity index (χ4n) is 1.23. The normalized spacial score (nSPS) is 10.4. The molecule has 15 heavy (non-hydrogen) atoms. The maximum atomic E-state index is 11.7. The number of rotatable bonds is 7. The van der Waals surface area contributed by atoms with Crippen molar-refractivity contribution in [3.63, 3.8) is 0 Å². The van der Waals surface area contributed by atoms with Crippen molar-refractivity contribution >= 4 is 23.1 Å². The summed E-state index contributed by atoms with van der Waals surface area (Å²) in [5.41, 5.74) is 5.41. The molecule has 1 amide bonds. The number of ether oxygens (including phenoxy) is 1. The van der Waals surface area contributed by atoms with E-state index in [2.05, 4.69) is 0 Å². The third-order valence-electron chi connectivity index (χ3n) is 2.06. The van der Waals surface area contributed by atoms with Crippen LogP contribution in [0.15, 0.2) is 0 Å². The summed E-state index contributed by atoms with van der Waals surface area (Å²) in [6, 6.07) is 0.170. The van der Waals surface area contributed by atoms with Crippen molar-refractivity contribution in [1.82, 2.24) is 4.90 Å². The van der Waals surface area contributed by atoms with E-state index >= 15 is 0 Å². The molecular weight excluding hydrogens is 212 g/mol. The second kappa shape index (κ2) is 7.59. The summed E-state index contributed by atoms with van der Waals surface area (Å²) >= 11 is 4.79. The van der Waals surface area contributed by atoms with Crippen LogP contribution in [-0.2, 0) is 9.53 Å². The van der Waals surface area contributed by atoms with Crippen molar-refractivity contribution in [2.75, 3.05) is 20.3 Å². The average Bonchev–Trinajstić information content (AvgIpc) is 2.13. The summed E-state index contributed by atoms with van der Waals surface area (Å²) in [5, 5.41) is 0. The summed E-state index contributed by atoms with van der Waals surface area (Å²) in [7, 11) is 1.59. The first-order chi connectivity index (χ1) is 6.99. The van der Waals surface area contributed by atoms with Crippen LogP contribution in [0.1, 0.15) is 26.7 Å². The molecule has 0 aromatic carbocycles. The molecule has 2 N–H and O–H groups in total. The molecular formula is C10H20N2O2S. The molecule has 0 heterocycles. The van der Waals surface area contributed by atoms with Crippen LogP contribution in [0.5, 0.6) is 0 Å². The van der Waals surface area contributed by atoms with Gasteiger partial charge < -0.3 is 15.4 Å². The van der Waals surface area contributed by atoms with Gasteiger partial charge in [0.1, 0.15) is 0 Å². The van der Waals surface area contributed by atoms with Gasteiger partial charge >= 0.3 is 0 Å².